The molecule has 0 spiro atoms. The van der Waals surface area contributed by atoms with Crippen LogP contribution in [-0.2, 0) is 0 Å². The van der Waals surface area contributed by atoms with Crippen molar-refractivity contribution in [3.8, 4) is 0 Å². The van der Waals surface area contributed by atoms with Crippen LogP contribution in [0.3, 0.4) is 0 Å². The quantitative estimate of drug-likeness (QED) is 0.586. The van der Waals surface area contributed by atoms with Crippen molar-refractivity contribution < 1.29 is 0 Å². The van der Waals surface area contributed by atoms with Gasteiger partial charge in [0.25, 0.3) is 0 Å². The molecule has 106 valence electrons. The number of nitrogen functional groups attached to an aromatic ring is 1. The van der Waals surface area contributed by atoms with E-state index in [0.29, 0.717) is 16.9 Å². The molecule has 1 aromatic carbocycles. The van der Waals surface area contributed by atoms with Crippen LogP contribution in [0.1, 0.15) is 5.56 Å². The SMILES string of the molecule is Cc1ccc(Cl)c(Nc2nc(NN)nc(N(C)C)n2)c1. The Morgan fingerprint density at radius 1 is 1.15 bits per heavy atom. The van der Waals surface area contributed by atoms with Crippen LogP contribution < -0.4 is 21.5 Å². The summed E-state index contributed by atoms with van der Waals surface area (Å²) >= 11 is 6.14. The minimum absolute atomic E-state index is 0.273. The molecule has 20 heavy (non-hydrogen) atoms. The third-order valence-corrected chi connectivity index (χ3v) is 2.85. The minimum Gasteiger partial charge on any atom is -0.347 e. The summed E-state index contributed by atoms with van der Waals surface area (Å²) in [6, 6.07) is 5.66. The molecule has 1 aromatic heterocycles. The monoisotopic (exact) mass is 293 g/mol. The predicted molar refractivity (Wildman–Crippen MR) is 81.4 cm³/mol. The van der Waals surface area contributed by atoms with E-state index in [1.54, 1.807) is 4.90 Å². The second-order valence-corrected chi connectivity index (χ2v) is 4.84. The van der Waals surface area contributed by atoms with E-state index in [1.807, 2.05) is 39.2 Å². The second-order valence-electron chi connectivity index (χ2n) is 4.43. The normalized spacial score (nSPS) is 10.2. The molecule has 0 saturated carbocycles. The van der Waals surface area contributed by atoms with Gasteiger partial charge < -0.3 is 10.2 Å². The number of nitrogens with zero attached hydrogens (tertiary/aromatic N) is 4. The highest BCUT2D eigenvalue weighted by atomic mass is 35.5. The first-order chi connectivity index (χ1) is 9.49. The van der Waals surface area contributed by atoms with E-state index < -0.39 is 0 Å². The fourth-order valence-electron chi connectivity index (χ4n) is 1.54. The molecule has 0 bridgehead atoms. The van der Waals surface area contributed by atoms with Crippen LogP contribution in [-0.4, -0.2) is 29.0 Å². The Kier molecular flexibility index (Phi) is 4.21. The van der Waals surface area contributed by atoms with Crippen LogP contribution in [0.2, 0.25) is 5.02 Å². The summed E-state index contributed by atoms with van der Waals surface area (Å²) in [7, 11) is 3.66. The Balaban J connectivity index is 2.37. The lowest BCUT2D eigenvalue weighted by Gasteiger charge is -2.13. The van der Waals surface area contributed by atoms with Gasteiger partial charge in [0, 0.05) is 14.1 Å². The Bertz CT molecular complexity index is 615. The average Bonchev–Trinajstić information content (AvgIpc) is 2.42. The number of hydrogen-bond acceptors (Lipinski definition) is 7. The number of halogens is 1. The summed E-state index contributed by atoms with van der Waals surface area (Å²) in [6.45, 7) is 1.98. The average molecular weight is 294 g/mol. The van der Waals surface area contributed by atoms with E-state index in [1.165, 1.54) is 0 Å². The van der Waals surface area contributed by atoms with Gasteiger partial charge in [-0.15, -0.1) is 0 Å². The van der Waals surface area contributed by atoms with Gasteiger partial charge in [-0.1, -0.05) is 17.7 Å². The highest BCUT2D eigenvalue weighted by Crippen LogP contribution is 2.25. The molecule has 8 heteroatoms. The largest absolute Gasteiger partial charge is 0.347 e. The number of nitrogens with one attached hydrogen (secondary N) is 2. The molecule has 0 aliphatic rings. The smallest absolute Gasteiger partial charge is 0.243 e. The van der Waals surface area contributed by atoms with Gasteiger partial charge in [0.15, 0.2) is 0 Å². The van der Waals surface area contributed by atoms with E-state index in [-0.39, 0.29) is 5.95 Å². The molecule has 0 saturated heterocycles. The van der Waals surface area contributed by atoms with Gasteiger partial charge in [0.1, 0.15) is 0 Å². The summed E-state index contributed by atoms with van der Waals surface area (Å²) in [6.07, 6.45) is 0. The zero-order valence-electron chi connectivity index (χ0n) is 11.5. The van der Waals surface area contributed by atoms with Crippen molar-refractivity contribution in [2.75, 3.05) is 29.7 Å². The fraction of sp³-hybridized carbons (Fsp3) is 0.250. The first-order valence-electron chi connectivity index (χ1n) is 5.93. The van der Waals surface area contributed by atoms with Crippen molar-refractivity contribution in [3.05, 3.63) is 28.8 Å². The number of anilines is 4. The lowest BCUT2D eigenvalue weighted by atomic mass is 10.2. The van der Waals surface area contributed by atoms with E-state index in [0.717, 1.165) is 11.3 Å². The topological polar surface area (TPSA) is 92.0 Å². The lowest BCUT2D eigenvalue weighted by molar-refractivity contribution is 0.957. The summed E-state index contributed by atoms with van der Waals surface area (Å²) in [5.74, 6) is 6.48. The molecule has 0 radical (unpaired) electrons. The summed E-state index contributed by atoms with van der Waals surface area (Å²) in [5.41, 5.74) is 4.22. The van der Waals surface area contributed by atoms with Crippen LogP contribution in [0.25, 0.3) is 0 Å². The van der Waals surface area contributed by atoms with Gasteiger partial charge in [-0.05, 0) is 24.6 Å². The third-order valence-electron chi connectivity index (χ3n) is 2.52. The molecule has 0 amide bonds. The molecule has 0 fully saturated rings. The Labute approximate surface area is 122 Å². The first-order valence-corrected chi connectivity index (χ1v) is 6.30. The lowest BCUT2D eigenvalue weighted by Crippen LogP contribution is -2.18. The van der Waals surface area contributed by atoms with Crippen molar-refractivity contribution >= 4 is 35.1 Å². The highest BCUT2D eigenvalue weighted by molar-refractivity contribution is 6.33. The standard InChI is InChI=1S/C12H16ClN7/c1-7-4-5-8(13)9(6-7)15-10-16-11(19-14)18-12(17-10)20(2)3/h4-6H,14H2,1-3H3,(H2,15,16,17,18,19). The maximum absolute atomic E-state index is 6.14. The summed E-state index contributed by atoms with van der Waals surface area (Å²) in [5, 5.41) is 3.65. The zero-order chi connectivity index (χ0) is 14.7. The zero-order valence-corrected chi connectivity index (χ0v) is 12.2. The van der Waals surface area contributed by atoms with Gasteiger partial charge in [-0.25, -0.2) is 5.84 Å². The van der Waals surface area contributed by atoms with Crippen LogP contribution >= 0.6 is 11.6 Å². The molecule has 0 atom stereocenters. The fourth-order valence-corrected chi connectivity index (χ4v) is 1.71. The predicted octanol–water partition coefficient (Wildman–Crippen LogP) is 1.93. The van der Waals surface area contributed by atoms with Gasteiger partial charge in [-0.3, -0.25) is 5.43 Å². The molecule has 2 aromatic rings. The van der Waals surface area contributed by atoms with E-state index >= 15 is 0 Å². The van der Waals surface area contributed by atoms with Crippen molar-refractivity contribution in [2.24, 2.45) is 5.84 Å². The molecule has 7 nitrogen and oxygen atoms in total. The van der Waals surface area contributed by atoms with Crippen LogP contribution in [0, 0.1) is 6.92 Å². The van der Waals surface area contributed by atoms with Crippen molar-refractivity contribution in [1.82, 2.24) is 15.0 Å². The number of nitrogens with two attached hydrogens (primary N) is 1. The molecule has 4 N–H and O–H groups in total. The second kappa shape index (κ2) is 5.89. The van der Waals surface area contributed by atoms with Gasteiger partial charge in [-0.2, -0.15) is 15.0 Å². The minimum atomic E-state index is 0.273. The molecular formula is C12H16ClN7. The van der Waals surface area contributed by atoms with E-state index in [2.05, 4.69) is 25.7 Å². The summed E-state index contributed by atoms with van der Waals surface area (Å²) < 4.78 is 0. The van der Waals surface area contributed by atoms with Crippen molar-refractivity contribution in [1.29, 1.82) is 0 Å². The first kappa shape index (κ1) is 14.3. The number of hydrazine groups is 1. The maximum Gasteiger partial charge on any atom is 0.243 e. The molecule has 0 unspecified atom stereocenters. The van der Waals surface area contributed by atoms with Crippen LogP contribution in [0.4, 0.5) is 23.5 Å². The maximum atomic E-state index is 6.14. The molecule has 1 heterocycles. The Hall–Kier alpha value is -2.12. The third kappa shape index (κ3) is 3.25. The molecule has 0 aliphatic carbocycles. The van der Waals surface area contributed by atoms with Gasteiger partial charge in [0.2, 0.25) is 17.8 Å². The van der Waals surface area contributed by atoms with Crippen LogP contribution in [0.15, 0.2) is 18.2 Å². The number of aryl methyl sites for hydroxylation is 1. The van der Waals surface area contributed by atoms with Crippen molar-refractivity contribution in [3.63, 3.8) is 0 Å². The summed E-state index contributed by atoms with van der Waals surface area (Å²) in [4.78, 5) is 14.3. The number of rotatable bonds is 4. The highest BCUT2D eigenvalue weighted by Gasteiger charge is 2.09. The molecule has 0 aliphatic heterocycles. The van der Waals surface area contributed by atoms with Crippen molar-refractivity contribution in [2.45, 2.75) is 6.92 Å². The van der Waals surface area contributed by atoms with E-state index in [4.69, 9.17) is 17.4 Å². The number of aromatic nitrogens is 3. The number of benzene rings is 1. The molecule has 2 rings (SSSR count). The molecular weight excluding hydrogens is 278 g/mol. The van der Waals surface area contributed by atoms with E-state index in [9.17, 15) is 0 Å². The van der Waals surface area contributed by atoms with Gasteiger partial charge >= 0.3 is 0 Å². The Morgan fingerprint density at radius 3 is 2.50 bits per heavy atom. The Morgan fingerprint density at radius 2 is 1.85 bits per heavy atom. The number of hydrogen-bond donors (Lipinski definition) is 3. The van der Waals surface area contributed by atoms with Gasteiger partial charge in [0.05, 0.1) is 10.7 Å². The van der Waals surface area contributed by atoms with Crippen LogP contribution in [0.5, 0.6) is 0 Å².